The van der Waals surface area contributed by atoms with Gasteiger partial charge in [-0.05, 0) is 65.9 Å². The van der Waals surface area contributed by atoms with E-state index < -0.39 is 0 Å². The molecule has 2 aromatic rings. The highest BCUT2D eigenvalue weighted by molar-refractivity contribution is 14.1. The zero-order valence-corrected chi connectivity index (χ0v) is 13.6. The van der Waals surface area contributed by atoms with Crippen LogP contribution >= 0.6 is 22.6 Å². The summed E-state index contributed by atoms with van der Waals surface area (Å²) < 4.78 is 1.09. The number of allylic oxidation sites excluding steroid dienone is 1. The molecular formula is C17H14INO2. The van der Waals surface area contributed by atoms with E-state index in [4.69, 9.17) is 0 Å². The van der Waals surface area contributed by atoms with Gasteiger partial charge in [-0.3, -0.25) is 9.59 Å². The second-order valence-corrected chi connectivity index (χ2v) is 5.73. The number of benzene rings is 2. The molecule has 0 saturated heterocycles. The lowest BCUT2D eigenvalue weighted by molar-refractivity contribution is 0.101. The second kappa shape index (κ2) is 7.17. The molecule has 2 aromatic carbocycles. The zero-order valence-electron chi connectivity index (χ0n) is 11.5. The van der Waals surface area contributed by atoms with Gasteiger partial charge in [0.25, 0.3) is 0 Å². The summed E-state index contributed by atoms with van der Waals surface area (Å²) in [6.07, 6.45) is 3.09. The lowest BCUT2D eigenvalue weighted by atomic mass is 10.1. The minimum atomic E-state index is -0.0562. The first kappa shape index (κ1) is 15.4. The van der Waals surface area contributed by atoms with Crippen LogP contribution in [0.25, 0.3) is 0 Å². The number of ketones is 2. The molecule has 0 spiro atoms. The molecule has 0 aliphatic carbocycles. The van der Waals surface area contributed by atoms with E-state index in [1.807, 2.05) is 12.1 Å². The number of Topliss-reactive ketones (excluding diaryl/α,β-unsaturated/α-hetero) is 1. The van der Waals surface area contributed by atoms with Gasteiger partial charge < -0.3 is 5.32 Å². The van der Waals surface area contributed by atoms with Gasteiger partial charge in [-0.25, -0.2) is 0 Å². The van der Waals surface area contributed by atoms with Crippen molar-refractivity contribution in [1.82, 2.24) is 0 Å². The number of carbonyl (C=O) groups excluding carboxylic acids is 2. The molecule has 106 valence electrons. The number of carbonyl (C=O) groups is 2. The average molecular weight is 391 g/mol. The van der Waals surface area contributed by atoms with Gasteiger partial charge in [-0.1, -0.05) is 12.1 Å². The van der Waals surface area contributed by atoms with E-state index >= 15 is 0 Å². The molecule has 0 saturated carbocycles. The molecule has 0 aliphatic heterocycles. The van der Waals surface area contributed by atoms with E-state index in [0.717, 1.165) is 9.26 Å². The van der Waals surface area contributed by atoms with E-state index in [1.54, 1.807) is 42.6 Å². The molecule has 4 heteroatoms. The van der Waals surface area contributed by atoms with E-state index in [9.17, 15) is 9.59 Å². The summed E-state index contributed by atoms with van der Waals surface area (Å²) in [4.78, 5) is 23.1. The largest absolute Gasteiger partial charge is 0.362 e. The lowest BCUT2D eigenvalue weighted by Gasteiger charge is -2.01. The maximum absolute atomic E-state index is 11.9. The quantitative estimate of drug-likeness (QED) is 0.470. The molecule has 0 fully saturated rings. The third-order valence-corrected chi connectivity index (χ3v) is 3.62. The van der Waals surface area contributed by atoms with Crippen molar-refractivity contribution < 1.29 is 9.59 Å². The van der Waals surface area contributed by atoms with E-state index in [-0.39, 0.29) is 11.6 Å². The summed E-state index contributed by atoms with van der Waals surface area (Å²) >= 11 is 2.20. The smallest absolute Gasteiger partial charge is 0.187 e. The summed E-state index contributed by atoms with van der Waals surface area (Å²) in [6, 6.07) is 14.5. The Balaban J connectivity index is 1.97. The van der Waals surface area contributed by atoms with Crippen LogP contribution in [0.4, 0.5) is 5.69 Å². The van der Waals surface area contributed by atoms with Gasteiger partial charge in [0.05, 0.1) is 0 Å². The molecule has 0 aliphatic rings. The first-order valence-electron chi connectivity index (χ1n) is 6.40. The van der Waals surface area contributed by atoms with Crippen molar-refractivity contribution in [2.75, 3.05) is 5.32 Å². The highest BCUT2D eigenvalue weighted by atomic mass is 127. The average Bonchev–Trinajstić information content (AvgIpc) is 2.48. The maximum Gasteiger partial charge on any atom is 0.187 e. The number of hydrogen-bond donors (Lipinski definition) is 1. The molecule has 2 rings (SSSR count). The van der Waals surface area contributed by atoms with Crippen LogP contribution in [-0.2, 0) is 0 Å². The summed E-state index contributed by atoms with van der Waals surface area (Å²) in [5.41, 5.74) is 2.14. The SMILES string of the molecule is CC(=O)c1ccc(N/C=C\C(=O)c2ccc(I)cc2)cc1. The van der Waals surface area contributed by atoms with Crippen LogP contribution in [0.15, 0.2) is 60.8 Å². The van der Waals surface area contributed by atoms with Crippen LogP contribution in [0.1, 0.15) is 27.6 Å². The zero-order chi connectivity index (χ0) is 15.2. The molecule has 3 nitrogen and oxygen atoms in total. The normalized spacial score (nSPS) is 10.6. The molecule has 0 heterocycles. The van der Waals surface area contributed by atoms with Crippen LogP contribution in [0.5, 0.6) is 0 Å². The predicted molar refractivity (Wildman–Crippen MR) is 92.7 cm³/mol. The molecule has 0 amide bonds. The third-order valence-electron chi connectivity index (χ3n) is 2.90. The number of anilines is 1. The molecule has 0 bridgehead atoms. The van der Waals surface area contributed by atoms with Gasteiger partial charge in [0.15, 0.2) is 11.6 Å². The highest BCUT2D eigenvalue weighted by Crippen LogP contribution is 2.11. The summed E-state index contributed by atoms with van der Waals surface area (Å²) in [5.74, 6) is -0.0229. The van der Waals surface area contributed by atoms with Crippen molar-refractivity contribution in [2.24, 2.45) is 0 Å². The van der Waals surface area contributed by atoms with Crippen molar-refractivity contribution in [1.29, 1.82) is 0 Å². The Morgan fingerprint density at radius 2 is 1.52 bits per heavy atom. The molecule has 0 radical (unpaired) electrons. The Morgan fingerprint density at radius 1 is 0.952 bits per heavy atom. The van der Waals surface area contributed by atoms with Crippen LogP contribution in [-0.4, -0.2) is 11.6 Å². The molecule has 0 aromatic heterocycles. The molecule has 1 N–H and O–H groups in total. The Bertz CT molecular complexity index is 673. The molecule has 21 heavy (non-hydrogen) atoms. The number of halogens is 1. The maximum atomic E-state index is 11.9. The van der Waals surface area contributed by atoms with E-state index in [1.165, 1.54) is 13.0 Å². The van der Waals surface area contributed by atoms with Crippen LogP contribution in [0, 0.1) is 3.57 Å². The van der Waals surface area contributed by atoms with Crippen molar-refractivity contribution in [2.45, 2.75) is 6.92 Å². The third kappa shape index (κ3) is 4.53. The van der Waals surface area contributed by atoms with Gasteiger partial charge in [0.2, 0.25) is 0 Å². The summed E-state index contributed by atoms with van der Waals surface area (Å²) in [7, 11) is 0. The Hall–Kier alpha value is -1.95. The minimum Gasteiger partial charge on any atom is -0.362 e. The van der Waals surface area contributed by atoms with Gasteiger partial charge in [-0.2, -0.15) is 0 Å². The van der Waals surface area contributed by atoms with Crippen molar-refractivity contribution >= 4 is 39.8 Å². The highest BCUT2D eigenvalue weighted by Gasteiger charge is 2.01. The Labute approximate surface area is 137 Å². The summed E-state index contributed by atoms with van der Waals surface area (Å²) in [6.45, 7) is 1.53. The number of nitrogens with one attached hydrogen (secondary N) is 1. The van der Waals surface area contributed by atoms with Crippen LogP contribution < -0.4 is 5.32 Å². The van der Waals surface area contributed by atoms with Gasteiger partial charge in [0.1, 0.15) is 0 Å². The Kier molecular flexibility index (Phi) is 5.27. The fraction of sp³-hybridized carbons (Fsp3) is 0.0588. The molecular weight excluding hydrogens is 377 g/mol. The Morgan fingerprint density at radius 3 is 2.10 bits per heavy atom. The molecule has 0 atom stereocenters. The molecule has 0 unspecified atom stereocenters. The summed E-state index contributed by atoms with van der Waals surface area (Å²) in [5, 5.41) is 3.01. The van der Waals surface area contributed by atoms with Gasteiger partial charge in [-0.15, -0.1) is 0 Å². The van der Waals surface area contributed by atoms with E-state index in [0.29, 0.717) is 11.1 Å². The van der Waals surface area contributed by atoms with Crippen LogP contribution in [0.3, 0.4) is 0 Å². The first-order valence-corrected chi connectivity index (χ1v) is 7.48. The van der Waals surface area contributed by atoms with Crippen molar-refractivity contribution in [3.05, 3.63) is 75.5 Å². The fourth-order valence-corrected chi connectivity index (χ4v) is 2.08. The van der Waals surface area contributed by atoms with Gasteiger partial charge >= 0.3 is 0 Å². The van der Waals surface area contributed by atoms with Crippen molar-refractivity contribution in [3.63, 3.8) is 0 Å². The topological polar surface area (TPSA) is 46.2 Å². The fourth-order valence-electron chi connectivity index (χ4n) is 1.73. The minimum absolute atomic E-state index is 0.0333. The lowest BCUT2D eigenvalue weighted by Crippen LogP contribution is -1.97. The second-order valence-electron chi connectivity index (χ2n) is 4.48. The standard InChI is InChI=1S/C17H14INO2/c1-12(20)13-4-8-16(9-5-13)19-11-10-17(21)14-2-6-15(18)7-3-14/h2-11,19H,1H3/b11-10-. The van der Waals surface area contributed by atoms with Crippen molar-refractivity contribution in [3.8, 4) is 0 Å². The van der Waals surface area contributed by atoms with E-state index in [2.05, 4.69) is 27.9 Å². The van der Waals surface area contributed by atoms with Gasteiger partial charge in [0, 0.05) is 32.7 Å². The number of hydrogen-bond acceptors (Lipinski definition) is 3. The van der Waals surface area contributed by atoms with Crippen LogP contribution in [0.2, 0.25) is 0 Å². The first-order chi connectivity index (χ1) is 10.1. The monoisotopic (exact) mass is 391 g/mol. The number of rotatable bonds is 5. The predicted octanol–water partition coefficient (Wildman–Crippen LogP) is 4.30.